The Morgan fingerprint density at radius 3 is 2.84 bits per heavy atom. The van der Waals surface area contributed by atoms with Crippen LogP contribution in [-0.4, -0.2) is 34.3 Å². The van der Waals surface area contributed by atoms with Crippen LogP contribution in [-0.2, 0) is 0 Å². The number of aromatic amines is 1. The molecule has 1 aromatic carbocycles. The van der Waals surface area contributed by atoms with Crippen LogP contribution in [0.15, 0.2) is 30.6 Å². The zero-order chi connectivity index (χ0) is 13.4. The highest BCUT2D eigenvalue weighted by molar-refractivity contribution is 5.98. The first kappa shape index (κ1) is 11.5. The largest absolute Gasteiger partial charge is 0.383 e. The minimum atomic E-state index is 0.434. The molecule has 2 aromatic heterocycles. The summed E-state index contributed by atoms with van der Waals surface area (Å²) in [6, 6.07) is 8.12. The van der Waals surface area contributed by atoms with E-state index in [1.165, 1.54) is 6.33 Å². The molecule has 0 bridgehead atoms. The van der Waals surface area contributed by atoms with E-state index in [9.17, 15) is 0 Å². The molecule has 3 N–H and O–H groups in total. The predicted molar refractivity (Wildman–Crippen MR) is 75.9 cm³/mol. The second kappa shape index (κ2) is 4.24. The van der Waals surface area contributed by atoms with Crippen LogP contribution in [0.1, 0.15) is 0 Å². The number of hydrogen-bond acceptors (Lipinski definition) is 5. The van der Waals surface area contributed by atoms with Crippen LogP contribution in [0.4, 0.5) is 11.5 Å². The van der Waals surface area contributed by atoms with E-state index in [2.05, 4.69) is 26.2 Å². The van der Waals surface area contributed by atoms with Crippen LogP contribution in [0.5, 0.6) is 0 Å². The summed E-state index contributed by atoms with van der Waals surface area (Å²) in [7, 11) is 4.00. The van der Waals surface area contributed by atoms with Crippen molar-refractivity contribution in [2.24, 2.45) is 0 Å². The molecule has 2 heterocycles. The SMILES string of the molecule is CN(C)c1cccc(-c2[nH]nc3ncnc(N)c23)c1. The maximum atomic E-state index is 5.92. The lowest BCUT2D eigenvalue weighted by Gasteiger charge is -2.13. The number of nitrogens with zero attached hydrogens (tertiary/aromatic N) is 4. The van der Waals surface area contributed by atoms with Gasteiger partial charge in [0.2, 0.25) is 0 Å². The van der Waals surface area contributed by atoms with Gasteiger partial charge in [0.15, 0.2) is 5.65 Å². The molecule has 0 unspecified atom stereocenters. The van der Waals surface area contributed by atoms with Gasteiger partial charge in [0.25, 0.3) is 0 Å². The van der Waals surface area contributed by atoms with E-state index in [4.69, 9.17) is 5.73 Å². The van der Waals surface area contributed by atoms with E-state index in [1.807, 2.05) is 37.2 Å². The highest BCUT2D eigenvalue weighted by Crippen LogP contribution is 2.30. The number of benzene rings is 1. The lowest BCUT2D eigenvalue weighted by atomic mass is 10.1. The third-order valence-corrected chi connectivity index (χ3v) is 3.03. The summed E-state index contributed by atoms with van der Waals surface area (Å²) in [5.41, 5.74) is 9.46. The molecule has 19 heavy (non-hydrogen) atoms. The second-order valence-electron chi connectivity index (χ2n) is 4.50. The lowest BCUT2D eigenvalue weighted by Crippen LogP contribution is -2.08. The van der Waals surface area contributed by atoms with Gasteiger partial charge in [-0.25, -0.2) is 9.97 Å². The molecule has 0 amide bonds. The fourth-order valence-corrected chi connectivity index (χ4v) is 2.03. The number of aromatic nitrogens is 4. The van der Waals surface area contributed by atoms with E-state index in [0.717, 1.165) is 22.3 Å². The number of H-pyrrole nitrogens is 1. The molecule has 3 aromatic rings. The van der Waals surface area contributed by atoms with Gasteiger partial charge in [0.1, 0.15) is 12.1 Å². The van der Waals surface area contributed by atoms with E-state index < -0.39 is 0 Å². The molecule has 0 fully saturated rings. The maximum Gasteiger partial charge on any atom is 0.186 e. The summed E-state index contributed by atoms with van der Waals surface area (Å²) in [4.78, 5) is 10.2. The second-order valence-corrected chi connectivity index (χ2v) is 4.50. The van der Waals surface area contributed by atoms with Crippen molar-refractivity contribution < 1.29 is 0 Å². The van der Waals surface area contributed by atoms with E-state index in [0.29, 0.717) is 11.5 Å². The quantitative estimate of drug-likeness (QED) is 0.726. The molecule has 0 saturated heterocycles. The van der Waals surface area contributed by atoms with Crippen LogP contribution >= 0.6 is 0 Å². The first-order valence-corrected chi connectivity index (χ1v) is 5.89. The molecule has 0 aliphatic rings. The van der Waals surface area contributed by atoms with Crippen molar-refractivity contribution in [2.45, 2.75) is 0 Å². The molecule has 96 valence electrons. The summed E-state index contributed by atoms with van der Waals surface area (Å²) in [6.07, 6.45) is 1.42. The average Bonchev–Trinajstić information content (AvgIpc) is 2.84. The van der Waals surface area contributed by atoms with Gasteiger partial charge in [-0.1, -0.05) is 12.1 Å². The Labute approximate surface area is 110 Å². The standard InChI is InChI=1S/C13H14N6/c1-19(2)9-5-3-4-8(6-9)11-10-12(14)15-7-16-13(10)18-17-11/h3-7H,1-2H3,(H3,14,15,16,17,18). The number of anilines is 2. The summed E-state index contributed by atoms with van der Waals surface area (Å²) in [5, 5.41) is 7.91. The Balaban J connectivity index is 2.22. The predicted octanol–water partition coefficient (Wildman–Crippen LogP) is 1.67. The van der Waals surface area contributed by atoms with Crippen LogP contribution in [0.2, 0.25) is 0 Å². The Morgan fingerprint density at radius 1 is 1.21 bits per heavy atom. The smallest absolute Gasteiger partial charge is 0.186 e. The number of fused-ring (bicyclic) bond motifs is 1. The van der Waals surface area contributed by atoms with Crippen molar-refractivity contribution in [2.75, 3.05) is 24.7 Å². The van der Waals surface area contributed by atoms with Gasteiger partial charge >= 0.3 is 0 Å². The van der Waals surface area contributed by atoms with Crippen molar-refractivity contribution in [3.63, 3.8) is 0 Å². The number of rotatable bonds is 2. The molecular formula is C13H14N6. The minimum absolute atomic E-state index is 0.434. The van der Waals surface area contributed by atoms with Crippen molar-refractivity contribution in [1.82, 2.24) is 20.2 Å². The summed E-state index contributed by atoms with van der Waals surface area (Å²) in [6.45, 7) is 0. The lowest BCUT2D eigenvalue weighted by molar-refractivity contribution is 1.09. The molecule has 0 spiro atoms. The highest BCUT2D eigenvalue weighted by Gasteiger charge is 2.12. The molecule has 0 atom stereocenters. The molecule has 0 aliphatic carbocycles. The molecule has 0 saturated carbocycles. The molecule has 0 radical (unpaired) electrons. The van der Waals surface area contributed by atoms with E-state index >= 15 is 0 Å². The number of nitrogens with one attached hydrogen (secondary N) is 1. The third kappa shape index (κ3) is 1.87. The van der Waals surface area contributed by atoms with Crippen molar-refractivity contribution >= 4 is 22.5 Å². The summed E-state index contributed by atoms with van der Waals surface area (Å²) < 4.78 is 0. The van der Waals surface area contributed by atoms with Crippen LogP contribution in [0.25, 0.3) is 22.3 Å². The first-order chi connectivity index (χ1) is 9.16. The Hall–Kier alpha value is -2.63. The molecule has 3 rings (SSSR count). The van der Waals surface area contributed by atoms with Gasteiger partial charge in [-0.05, 0) is 12.1 Å². The Morgan fingerprint density at radius 2 is 2.05 bits per heavy atom. The fourth-order valence-electron chi connectivity index (χ4n) is 2.03. The first-order valence-electron chi connectivity index (χ1n) is 5.89. The number of nitrogens with two attached hydrogens (primary N) is 1. The topological polar surface area (TPSA) is 83.7 Å². The zero-order valence-electron chi connectivity index (χ0n) is 10.8. The highest BCUT2D eigenvalue weighted by atomic mass is 15.2. The third-order valence-electron chi connectivity index (χ3n) is 3.03. The Bertz CT molecular complexity index is 731. The van der Waals surface area contributed by atoms with Crippen molar-refractivity contribution in [3.05, 3.63) is 30.6 Å². The van der Waals surface area contributed by atoms with Crippen LogP contribution in [0, 0.1) is 0 Å². The maximum absolute atomic E-state index is 5.92. The fraction of sp³-hybridized carbons (Fsp3) is 0.154. The molecule has 0 aliphatic heterocycles. The van der Waals surface area contributed by atoms with Gasteiger partial charge in [0, 0.05) is 25.3 Å². The van der Waals surface area contributed by atoms with Gasteiger partial charge in [-0.15, -0.1) is 0 Å². The van der Waals surface area contributed by atoms with Crippen molar-refractivity contribution in [1.29, 1.82) is 0 Å². The number of nitrogen functional groups attached to an aromatic ring is 1. The van der Waals surface area contributed by atoms with E-state index in [-0.39, 0.29) is 0 Å². The van der Waals surface area contributed by atoms with Crippen LogP contribution < -0.4 is 10.6 Å². The normalized spacial score (nSPS) is 10.8. The van der Waals surface area contributed by atoms with Gasteiger partial charge < -0.3 is 10.6 Å². The van der Waals surface area contributed by atoms with Gasteiger partial charge in [-0.2, -0.15) is 5.10 Å². The monoisotopic (exact) mass is 254 g/mol. The van der Waals surface area contributed by atoms with Gasteiger partial charge in [-0.3, -0.25) is 5.10 Å². The number of hydrogen-bond donors (Lipinski definition) is 2. The van der Waals surface area contributed by atoms with Crippen molar-refractivity contribution in [3.8, 4) is 11.3 Å². The molecular weight excluding hydrogens is 240 g/mol. The Kier molecular flexibility index (Phi) is 2.56. The van der Waals surface area contributed by atoms with Gasteiger partial charge in [0.05, 0.1) is 11.1 Å². The minimum Gasteiger partial charge on any atom is -0.383 e. The summed E-state index contributed by atoms with van der Waals surface area (Å²) in [5.74, 6) is 0.434. The molecule has 6 nitrogen and oxygen atoms in total. The summed E-state index contributed by atoms with van der Waals surface area (Å²) >= 11 is 0. The average molecular weight is 254 g/mol. The zero-order valence-corrected chi connectivity index (χ0v) is 10.8. The van der Waals surface area contributed by atoms with E-state index in [1.54, 1.807) is 0 Å². The van der Waals surface area contributed by atoms with Crippen LogP contribution in [0.3, 0.4) is 0 Å². The molecule has 6 heteroatoms.